The maximum atomic E-state index is 13.4. The summed E-state index contributed by atoms with van der Waals surface area (Å²) in [6.45, 7) is 12.8. The van der Waals surface area contributed by atoms with Gasteiger partial charge in [0.25, 0.3) is 5.91 Å². The van der Waals surface area contributed by atoms with Gasteiger partial charge in [0, 0.05) is 43.1 Å². The molecule has 0 saturated heterocycles. The quantitative estimate of drug-likeness (QED) is 0.360. The average Bonchev–Trinajstić information content (AvgIpc) is 2.87. The molecule has 2 aromatic carbocycles. The molecule has 0 bridgehead atoms. The lowest BCUT2D eigenvalue weighted by molar-refractivity contribution is 0.0174. The highest BCUT2D eigenvalue weighted by Crippen LogP contribution is 2.35. The summed E-state index contributed by atoms with van der Waals surface area (Å²) in [4.78, 5) is 36.6. The summed E-state index contributed by atoms with van der Waals surface area (Å²) in [5.41, 5.74) is 3.99. The topological polar surface area (TPSA) is 108 Å². The highest BCUT2D eigenvalue weighted by molar-refractivity contribution is 6.08. The Labute approximate surface area is 230 Å². The number of para-hydroxylation sites is 1. The molecule has 4 rings (SSSR count). The maximum Gasteiger partial charge on any atom is 0.410 e. The summed E-state index contributed by atoms with van der Waals surface area (Å²) in [7, 11) is 1.77. The molecule has 0 spiro atoms. The van der Waals surface area contributed by atoms with Gasteiger partial charge in [-0.3, -0.25) is 4.79 Å². The number of nitrogens with one attached hydrogen (secondary N) is 3. The highest BCUT2D eigenvalue weighted by atomic mass is 16.6. The SMILES string of the molecule is CNc1nccc(C(C)Nc2ccccc2C(=O)Nc2ccc3c(c2)CN(C(=O)OC(C)(C)C)CC3(C)C)n1. The van der Waals surface area contributed by atoms with Crippen LogP contribution in [0.5, 0.6) is 0 Å². The molecule has 1 aliphatic heterocycles. The van der Waals surface area contributed by atoms with Crippen LogP contribution in [-0.4, -0.2) is 46.1 Å². The Morgan fingerprint density at radius 3 is 2.56 bits per heavy atom. The molecule has 0 fully saturated rings. The van der Waals surface area contributed by atoms with Crippen LogP contribution in [0.1, 0.15) is 74.8 Å². The molecule has 9 heteroatoms. The van der Waals surface area contributed by atoms with Gasteiger partial charge in [-0.05, 0) is 69.2 Å². The number of amides is 2. The number of ether oxygens (including phenoxy) is 1. The van der Waals surface area contributed by atoms with Crippen LogP contribution < -0.4 is 16.0 Å². The number of nitrogens with zero attached hydrogens (tertiary/aromatic N) is 3. The minimum absolute atomic E-state index is 0.154. The number of fused-ring (bicyclic) bond motifs is 1. The second kappa shape index (κ2) is 10.9. The first kappa shape index (κ1) is 27.9. The molecule has 1 unspecified atom stereocenters. The smallest absolute Gasteiger partial charge is 0.410 e. The normalized spacial score (nSPS) is 15.1. The zero-order valence-electron chi connectivity index (χ0n) is 23.8. The van der Waals surface area contributed by atoms with Gasteiger partial charge in [-0.1, -0.05) is 32.0 Å². The van der Waals surface area contributed by atoms with Crippen molar-refractivity contribution in [2.45, 2.75) is 65.1 Å². The molecule has 1 atom stereocenters. The monoisotopic (exact) mass is 530 g/mol. The van der Waals surface area contributed by atoms with Crippen LogP contribution in [0.3, 0.4) is 0 Å². The van der Waals surface area contributed by atoms with Crippen molar-refractivity contribution in [3.8, 4) is 0 Å². The Balaban J connectivity index is 1.53. The van der Waals surface area contributed by atoms with Crippen molar-refractivity contribution in [1.82, 2.24) is 14.9 Å². The number of benzene rings is 2. The molecule has 0 aliphatic carbocycles. The van der Waals surface area contributed by atoms with Gasteiger partial charge in [0.15, 0.2) is 0 Å². The summed E-state index contributed by atoms with van der Waals surface area (Å²) in [6, 6.07) is 15.0. The number of carbonyl (C=O) groups excluding carboxylic acids is 2. The van der Waals surface area contributed by atoms with E-state index >= 15 is 0 Å². The first-order valence-corrected chi connectivity index (χ1v) is 13.2. The molecule has 2 amide bonds. The third kappa shape index (κ3) is 6.66. The molecule has 2 heterocycles. The lowest BCUT2D eigenvalue weighted by Crippen LogP contribution is -2.46. The summed E-state index contributed by atoms with van der Waals surface area (Å²) >= 11 is 0. The van der Waals surface area contributed by atoms with Crippen molar-refractivity contribution in [1.29, 1.82) is 0 Å². The molecule has 0 radical (unpaired) electrons. The van der Waals surface area contributed by atoms with Crippen molar-refractivity contribution in [3.63, 3.8) is 0 Å². The summed E-state index contributed by atoms with van der Waals surface area (Å²) in [5.74, 6) is 0.302. The second-order valence-electron chi connectivity index (χ2n) is 11.5. The van der Waals surface area contributed by atoms with Crippen LogP contribution in [0.2, 0.25) is 0 Å². The van der Waals surface area contributed by atoms with Gasteiger partial charge < -0.3 is 25.6 Å². The molecular weight excluding hydrogens is 492 g/mol. The zero-order chi connectivity index (χ0) is 28.4. The van der Waals surface area contributed by atoms with E-state index in [0.29, 0.717) is 36.0 Å². The number of hydrogen-bond acceptors (Lipinski definition) is 7. The average molecular weight is 531 g/mol. The van der Waals surface area contributed by atoms with E-state index in [2.05, 4.69) is 39.8 Å². The first-order chi connectivity index (χ1) is 18.4. The molecule has 9 nitrogen and oxygen atoms in total. The fourth-order valence-electron chi connectivity index (χ4n) is 4.79. The Morgan fingerprint density at radius 2 is 1.85 bits per heavy atom. The fourth-order valence-corrected chi connectivity index (χ4v) is 4.79. The number of aromatic nitrogens is 2. The van der Waals surface area contributed by atoms with Crippen LogP contribution in [0, 0.1) is 0 Å². The van der Waals surface area contributed by atoms with Crippen LogP contribution in [0.4, 0.5) is 22.1 Å². The minimum atomic E-state index is -0.571. The largest absolute Gasteiger partial charge is 0.444 e. The molecular formula is C30H38N6O3. The number of anilines is 3. The van der Waals surface area contributed by atoms with Crippen molar-refractivity contribution >= 4 is 29.3 Å². The van der Waals surface area contributed by atoms with Gasteiger partial charge in [-0.25, -0.2) is 14.8 Å². The summed E-state index contributed by atoms with van der Waals surface area (Å²) < 4.78 is 5.63. The fraction of sp³-hybridized carbons (Fsp3) is 0.400. The predicted octanol–water partition coefficient (Wildman–Crippen LogP) is 5.97. The van der Waals surface area contributed by atoms with Gasteiger partial charge >= 0.3 is 6.09 Å². The second-order valence-corrected chi connectivity index (χ2v) is 11.5. The van der Waals surface area contributed by atoms with Crippen LogP contribution in [0.15, 0.2) is 54.7 Å². The van der Waals surface area contributed by atoms with Crippen molar-refractivity contribution in [2.75, 3.05) is 29.5 Å². The third-order valence-corrected chi connectivity index (χ3v) is 6.58. The van der Waals surface area contributed by atoms with Crippen LogP contribution in [0.25, 0.3) is 0 Å². The zero-order valence-corrected chi connectivity index (χ0v) is 23.8. The van der Waals surface area contributed by atoms with Gasteiger partial charge in [-0.2, -0.15) is 0 Å². The van der Waals surface area contributed by atoms with Gasteiger partial charge in [-0.15, -0.1) is 0 Å². The molecule has 1 aromatic heterocycles. The van der Waals surface area contributed by atoms with E-state index in [9.17, 15) is 9.59 Å². The lowest BCUT2D eigenvalue weighted by atomic mass is 9.78. The first-order valence-electron chi connectivity index (χ1n) is 13.2. The Kier molecular flexibility index (Phi) is 7.81. The Hall–Kier alpha value is -4.14. The van der Waals surface area contributed by atoms with E-state index in [4.69, 9.17) is 4.74 Å². The molecule has 206 valence electrons. The van der Waals surface area contributed by atoms with E-state index in [1.807, 2.05) is 70.2 Å². The number of hydrogen-bond donors (Lipinski definition) is 3. The lowest BCUT2D eigenvalue weighted by Gasteiger charge is -2.40. The van der Waals surface area contributed by atoms with E-state index in [1.165, 1.54) is 0 Å². The van der Waals surface area contributed by atoms with Crippen molar-refractivity contribution < 1.29 is 14.3 Å². The van der Waals surface area contributed by atoms with Gasteiger partial charge in [0.1, 0.15) is 5.60 Å². The summed E-state index contributed by atoms with van der Waals surface area (Å²) in [6.07, 6.45) is 1.36. The molecule has 0 saturated carbocycles. The third-order valence-electron chi connectivity index (χ3n) is 6.58. The van der Waals surface area contributed by atoms with Crippen LogP contribution in [-0.2, 0) is 16.7 Å². The Bertz CT molecular complexity index is 1360. The van der Waals surface area contributed by atoms with E-state index in [0.717, 1.165) is 16.8 Å². The van der Waals surface area contributed by atoms with Gasteiger partial charge in [0.05, 0.1) is 17.3 Å². The Morgan fingerprint density at radius 1 is 1.10 bits per heavy atom. The van der Waals surface area contributed by atoms with Gasteiger partial charge in [0.2, 0.25) is 5.95 Å². The van der Waals surface area contributed by atoms with Crippen molar-refractivity contribution in [3.05, 3.63) is 77.1 Å². The standard InChI is InChI=1S/C30H38N6O3/c1-19(24-14-15-32-27(31-7)35-24)33-25-11-9-8-10-22(25)26(37)34-21-12-13-23-20(16-21)17-36(18-30(23,5)6)28(38)39-29(2,3)4/h8-16,19,33H,17-18H2,1-7H3,(H,34,37)(H,31,32,35). The van der Waals surface area contributed by atoms with Crippen molar-refractivity contribution in [2.24, 2.45) is 0 Å². The number of carbonyl (C=O) groups is 2. The van der Waals surface area contributed by atoms with E-state index in [1.54, 1.807) is 24.2 Å². The molecule has 3 aromatic rings. The molecule has 39 heavy (non-hydrogen) atoms. The summed E-state index contributed by atoms with van der Waals surface area (Å²) in [5, 5.41) is 9.39. The predicted molar refractivity (Wildman–Crippen MR) is 154 cm³/mol. The maximum absolute atomic E-state index is 13.4. The molecule has 3 N–H and O–H groups in total. The van der Waals surface area contributed by atoms with E-state index in [-0.39, 0.29) is 23.5 Å². The molecule has 1 aliphatic rings. The minimum Gasteiger partial charge on any atom is -0.444 e. The highest BCUT2D eigenvalue weighted by Gasteiger charge is 2.35. The van der Waals surface area contributed by atoms with Crippen LogP contribution >= 0.6 is 0 Å². The number of rotatable bonds is 6. The van der Waals surface area contributed by atoms with E-state index < -0.39 is 5.60 Å².